The smallest absolute Gasteiger partial charge is 0.0571 e. The Labute approximate surface area is 82.9 Å². The zero-order valence-corrected chi connectivity index (χ0v) is 9.22. The molecule has 1 aliphatic carbocycles. The van der Waals surface area contributed by atoms with Crippen LogP contribution in [-0.2, 0) is 4.74 Å². The van der Waals surface area contributed by atoms with Gasteiger partial charge in [-0.15, -0.1) is 0 Å². The van der Waals surface area contributed by atoms with E-state index in [4.69, 9.17) is 4.74 Å². The fourth-order valence-electron chi connectivity index (χ4n) is 2.21. The largest absolute Gasteiger partial charge is 0.381 e. The number of hydrogen-bond donors (Lipinski definition) is 0. The molecule has 0 aromatic heterocycles. The monoisotopic (exact) mass is 184 g/mol. The molecule has 13 heavy (non-hydrogen) atoms. The number of hydrogen-bond acceptors (Lipinski definition) is 1. The molecule has 0 radical (unpaired) electrons. The summed E-state index contributed by atoms with van der Waals surface area (Å²) in [7, 11) is 1.86. The molecule has 1 aliphatic rings. The zero-order valence-electron chi connectivity index (χ0n) is 9.22. The highest BCUT2D eigenvalue weighted by molar-refractivity contribution is 4.64. The van der Waals surface area contributed by atoms with Crippen molar-refractivity contribution in [2.24, 2.45) is 5.92 Å². The first-order valence-corrected chi connectivity index (χ1v) is 5.85. The van der Waals surface area contributed by atoms with Crippen LogP contribution in [0, 0.1) is 5.92 Å². The molecule has 0 saturated heterocycles. The maximum absolute atomic E-state index is 5.47. The number of rotatable bonds is 1. The Bertz CT molecular complexity index is 122. The van der Waals surface area contributed by atoms with Crippen molar-refractivity contribution in [3.63, 3.8) is 0 Å². The lowest BCUT2D eigenvalue weighted by Crippen LogP contribution is -2.13. The van der Waals surface area contributed by atoms with E-state index in [1.165, 1.54) is 51.4 Å². The fourth-order valence-corrected chi connectivity index (χ4v) is 2.21. The van der Waals surface area contributed by atoms with Gasteiger partial charge in [-0.2, -0.15) is 0 Å². The maximum Gasteiger partial charge on any atom is 0.0571 e. The molecule has 78 valence electrons. The summed E-state index contributed by atoms with van der Waals surface area (Å²) < 4.78 is 5.47. The summed E-state index contributed by atoms with van der Waals surface area (Å²) >= 11 is 0. The van der Waals surface area contributed by atoms with Crippen LogP contribution in [0.2, 0.25) is 0 Å². The van der Waals surface area contributed by atoms with Crippen LogP contribution >= 0.6 is 0 Å². The summed E-state index contributed by atoms with van der Waals surface area (Å²) in [5, 5.41) is 0. The molecule has 1 heteroatoms. The molecule has 1 nitrogen and oxygen atoms in total. The quantitative estimate of drug-likeness (QED) is 0.602. The SMILES string of the molecule is COC1CCCCCCC(C)CC1. The van der Waals surface area contributed by atoms with E-state index >= 15 is 0 Å². The molecule has 2 unspecified atom stereocenters. The summed E-state index contributed by atoms with van der Waals surface area (Å²) in [5.41, 5.74) is 0. The third-order valence-corrected chi connectivity index (χ3v) is 3.29. The van der Waals surface area contributed by atoms with E-state index in [2.05, 4.69) is 6.92 Å². The lowest BCUT2D eigenvalue weighted by atomic mass is 9.92. The molecule has 0 heterocycles. The Morgan fingerprint density at radius 3 is 2.23 bits per heavy atom. The second-order valence-corrected chi connectivity index (χ2v) is 4.53. The van der Waals surface area contributed by atoms with Gasteiger partial charge in [-0.25, -0.2) is 0 Å². The van der Waals surface area contributed by atoms with Crippen molar-refractivity contribution in [3.8, 4) is 0 Å². The van der Waals surface area contributed by atoms with Crippen LogP contribution in [0.5, 0.6) is 0 Å². The van der Waals surface area contributed by atoms with Crippen LogP contribution < -0.4 is 0 Å². The van der Waals surface area contributed by atoms with Crippen LogP contribution in [-0.4, -0.2) is 13.2 Å². The normalized spacial score (nSPS) is 32.8. The van der Waals surface area contributed by atoms with Crippen molar-refractivity contribution in [1.82, 2.24) is 0 Å². The van der Waals surface area contributed by atoms with Crippen LogP contribution in [0.3, 0.4) is 0 Å². The first-order chi connectivity index (χ1) is 6.33. The molecule has 0 bridgehead atoms. The highest BCUT2D eigenvalue weighted by atomic mass is 16.5. The summed E-state index contributed by atoms with van der Waals surface area (Å²) in [6.07, 6.45) is 11.5. The minimum absolute atomic E-state index is 0.542. The van der Waals surface area contributed by atoms with E-state index in [9.17, 15) is 0 Å². The first-order valence-electron chi connectivity index (χ1n) is 5.85. The minimum Gasteiger partial charge on any atom is -0.381 e. The van der Waals surface area contributed by atoms with Gasteiger partial charge in [0.05, 0.1) is 6.10 Å². The van der Waals surface area contributed by atoms with Gasteiger partial charge in [0.1, 0.15) is 0 Å². The Kier molecular flexibility index (Phi) is 5.45. The van der Waals surface area contributed by atoms with Gasteiger partial charge in [-0.3, -0.25) is 0 Å². The molecule has 0 N–H and O–H groups in total. The van der Waals surface area contributed by atoms with Crippen molar-refractivity contribution in [3.05, 3.63) is 0 Å². The van der Waals surface area contributed by atoms with Crippen molar-refractivity contribution in [2.75, 3.05) is 7.11 Å². The molecular formula is C12H24O. The molecule has 0 aromatic rings. The second kappa shape index (κ2) is 6.42. The summed E-state index contributed by atoms with van der Waals surface area (Å²) in [4.78, 5) is 0. The average Bonchev–Trinajstić information content (AvgIpc) is 2.16. The molecule has 0 aromatic carbocycles. The van der Waals surface area contributed by atoms with Crippen molar-refractivity contribution in [2.45, 2.75) is 64.4 Å². The molecular weight excluding hydrogens is 160 g/mol. The highest BCUT2D eigenvalue weighted by Gasteiger charge is 2.11. The summed E-state index contributed by atoms with van der Waals surface area (Å²) in [5.74, 6) is 0.913. The molecule has 0 spiro atoms. The summed E-state index contributed by atoms with van der Waals surface area (Å²) in [6, 6.07) is 0. The van der Waals surface area contributed by atoms with Gasteiger partial charge < -0.3 is 4.74 Å². The van der Waals surface area contributed by atoms with Gasteiger partial charge in [-0.1, -0.05) is 39.0 Å². The molecule has 0 aliphatic heterocycles. The van der Waals surface area contributed by atoms with Crippen LogP contribution in [0.4, 0.5) is 0 Å². The topological polar surface area (TPSA) is 9.23 Å². The van der Waals surface area contributed by atoms with E-state index in [0.717, 1.165) is 5.92 Å². The highest BCUT2D eigenvalue weighted by Crippen LogP contribution is 2.22. The zero-order chi connectivity index (χ0) is 9.52. The van der Waals surface area contributed by atoms with Gasteiger partial charge in [-0.05, 0) is 25.2 Å². The predicted octanol–water partition coefficient (Wildman–Crippen LogP) is 3.77. The van der Waals surface area contributed by atoms with Crippen LogP contribution in [0.1, 0.15) is 58.3 Å². The van der Waals surface area contributed by atoms with Gasteiger partial charge in [0.25, 0.3) is 0 Å². The van der Waals surface area contributed by atoms with Crippen LogP contribution in [0.25, 0.3) is 0 Å². The van der Waals surface area contributed by atoms with E-state index < -0.39 is 0 Å². The second-order valence-electron chi connectivity index (χ2n) is 4.53. The van der Waals surface area contributed by atoms with Crippen LogP contribution in [0.15, 0.2) is 0 Å². The third-order valence-electron chi connectivity index (χ3n) is 3.29. The van der Waals surface area contributed by atoms with E-state index in [1.54, 1.807) is 0 Å². The molecule has 2 atom stereocenters. The van der Waals surface area contributed by atoms with Crippen molar-refractivity contribution >= 4 is 0 Å². The lowest BCUT2D eigenvalue weighted by Gasteiger charge is -2.19. The van der Waals surface area contributed by atoms with Gasteiger partial charge in [0, 0.05) is 7.11 Å². The molecule has 1 saturated carbocycles. The van der Waals surface area contributed by atoms with E-state index in [1.807, 2.05) is 7.11 Å². The standard InChI is InChI=1S/C12H24O/c1-11-7-5-3-4-6-8-12(13-2)10-9-11/h11-12H,3-10H2,1-2H3. The lowest BCUT2D eigenvalue weighted by molar-refractivity contribution is 0.0783. The third kappa shape index (κ3) is 4.66. The minimum atomic E-state index is 0.542. The van der Waals surface area contributed by atoms with Gasteiger partial charge in [0.2, 0.25) is 0 Å². The first kappa shape index (κ1) is 11.0. The molecule has 1 rings (SSSR count). The van der Waals surface area contributed by atoms with E-state index in [0.29, 0.717) is 6.10 Å². The number of methoxy groups -OCH3 is 1. The van der Waals surface area contributed by atoms with Gasteiger partial charge in [0.15, 0.2) is 0 Å². The molecule has 1 fully saturated rings. The summed E-state index contributed by atoms with van der Waals surface area (Å²) in [6.45, 7) is 2.38. The van der Waals surface area contributed by atoms with Gasteiger partial charge >= 0.3 is 0 Å². The predicted molar refractivity (Wildman–Crippen MR) is 56.9 cm³/mol. The maximum atomic E-state index is 5.47. The van der Waals surface area contributed by atoms with Crippen molar-refractivity contribution < 1.29 is 4.74 Å². The van der Waals surface area contributed by atoms with E-state index in [-0.39, 0.29) is 0 Å². The Morgan fingerprint density at radius 1 is 0.846 bits per heavy atom. The molecule has 0 amide bonds. The Balaban J connectivity index is 2.27. The Morgan fingerprint density at radius 2 is 1.54 bits per heavy atom. The Hall–Kier alpha value is -0.0400. The fraction of sp³-hybridized carbons (Fsp3) is 1.00. The number of ether oxygens (including phenoxy) is 1. The van der Waals surface area contributed by atoms with Crippen molar-refractivity contribution in [1.29, 1.82) is 0 Å². The average molecular weight is 184 g/mol.